The Morgan fingerprint density at radius 2 is 1.76 bits per heavy atom. The molecule has 0 aliphatic heterocycles. The number of aryl methyl sites for hydroxylation is 1. The zero-order valence-electron chi connectivity index (χ0n) is 14.6. The van der Waals surface area contributed by atoms with Crippen molar-refractivity contribution in [2.45, 2.75) is 13.3 Å². The molecule has 0 aliphatic carbocycles. The molecule has 2 amide bonds. The molecule has 132 valence electrons. The summed E-state index contributed by atoms with van der Waals surface area (Å²) in [5.41, 5.74) is 2.36. The third kappa shape index (κ3) is 4.97. The summed E-state index contributed by atoms with van der Waals surface area (Å²) in [6.45, 7) is 2.17. The molecule has 0 aromatic heterocycles. The molecule has 0 radical (unpaired) electrons. The van der Waals surface area contributed by atoms with Gasteiger partial charge in [-0.15, -0.1) is 0 Å². The largest absolute Gasteiger partial charge is 0.497 e. The minimum atomic E-state index is -0.701. The highest BCUT2D eigenvalue weighted by Gasteiger charge is 2.14. The van der Waals surface area contributed by atoms with E-state index in [1.165, 1.54) is 0 Å². The van der Waals surface area contributed by atoms with E-state index in [2.05, 4.69) is 10.6 Å². The van der Waals surface area contributed by atoms with Crippen molar-refractivity contribution in [1.82, 2.24) is 5.32 Å². The van der Waals surface area contributed by atoms with Gasteiger partial charge in [-0.2, -0.15) is 0 Å². The fourth-order valence-corrected chi connectivity index (χ4v) is 2.38. The molecule has 2 N–H and O–H groups in total. The van der Waals surface area contributed by atoms with E-state index in [-0.39, 0.29) is 0 Å². The van der Waals surface area contributed by atoms with Crippen molar-refractivity contribution in [3.63, 3.8) is 0 Å². The molecule has 0 unspecified atom stereocenters. The van der Waals surface area contributed by atoms with Crippen LogP contribution in [0.4, 0.5) is 5.69 Å². The Kier molecular flexibility index (Phi) is 6.39. The van der Waals surface area contributed by atoms with Crippen molar-refractivity contribution >= 4 is 17.5 Å². The van der Waals surface area contributed by atoms with E-state index in [9.17, 15) is 9.59 Å². The van der Waals surface area contributed by atoms with E-state index >= 15 is 0 Å². The molecule has 2 rings (SSSR count). The second-order valence-corrected chi connectivity index (χ2v) is 5.45. The second kappa shape index (κ2) is 8.73. The number of hydrogen-bond acceptors (Lipinski definition) is 4. The maximum absolute atomic E-state index is 12.0. The number of amides is 2. The Labute approximate surface area is 147 Å². The predicted molar refractivity (Wildman–Crippen MR) is 96.1 cm³/mol. The molecule has 0 heterocycles. The van der Waals surface area contributed by atoms with Gasteiger partial charge in [-0.05, 0) is 48.7 Å². The molecular weight excluding hydrogens is 320 g/mol. The zero-order valence-corrected chi connectivity index (χ0v) is 14.6. The molecule has 0 saturated heterocycles. The number of para-hydroxylation sites is 1. The van der Waals surface area contributed by atoms with Gasteiger partial charge in [0.1, 0.15) is 11.5 Å². The Balaban J connectivity index is 1.87. The summed E-state index contributed by atoms with van der Waals surface area (Å²) in [4.78, 5) is 24.0. The van der Waals surface area contributed by atoms with E-state index in [0.717, 1.165) is 16.9 Å². The Hall–Kier alpha value is -3.02. The summed E-state index contributed by atoms with van der Waals surface area (Å²) >= 11 is 0. The van der Waals surface area contributed by atoms with Crippen LogP contribution in [0.1, 0.15) is 11.1 Å². The van der Waals surface area contributed by atoms with Gasteiger partial charge in [0.05, 0.1) is 14.2 Å². The van der Waals surface area contributed by atoms with E-state index in [0.29, 0.717) is 24.4 Å². The standard InChI is InChI=1S/C19H22N2O4/c1-13-12-15(24-2)8-9-16(13)21-19(23)18(22)20-11-10-14-6-4-5-7-17(14)25-3/h4-9,12H,10-11H2,1-3H3,(H,20,22)(H,21,23). The average molecular weight is 342 g/mol. The van der Waals surface area contributed by atoms with Crippen molar-refractivity contribution in [3.8, 4) is 11.5 Å². The first-order valence-electron chi connectivity index (χ1n) is 7.91. The highest BCUT2D eigenvalue weighted by Crippen LogP contribution is 2.21. The number of hydrogen-bond donors (Lipinski definition) is 2. The first kappa shape index (κ1) is 18.3. The van der Waals surface area contributed by atoms with Crippen LogP contribution in [0.25, 0.3) is 0 Å². The number of methoxy groups -OCH3 is 2. The lowest BCUT2D eigenvalue weighted by Gasteiger charge is -2.11. The van der Waals surface area contributed by atoms with Crippen LogP contribution >= 0.6 is 0 Å². The van der Waals surface area contributed by atoms with Crippen molar-refractivity contribution in [2.75, 3.05) is 26.1 Å². The molecule has 6 nitrogen and oxygen atoms in total. The van der Waals surface area contributed by atoms with Crippen LogP contribution in [0.3, 0.4) is 0 Å². The molecule has 0 atom stereocenters. The van der Waals surface area contributed by atoms with Gasteiger partial charge in [0, 0.05) is 12.2 Å². The van der Waals surface area contributed by atoms with Gasteiger partial charge in [0.25, 0.3) is 0 Å². The maximum Gasteiger partial charge on any atom is 0.313 e. The number of carbonyl (C=O) groups excluding carboxylic acids is 2. The number of ether oxygens (including phenoxy) is 2. The first-order chi connectivity index (χ1) is 12.0. The van der Waals surface area contributed by atoms with E-state index < -0.39 is 11.8 Å². The fraction of sp³-hybridized carbons (Fsp3) is 0.263. The number of rotatable bonds is 6. The molecule has 6 heteroatoms. The smallest absolute Gasteiger partial charge is 0.313 e. The highest BCUT2D eigenvalue weighted by atomic mass is 16.5. The van der Waals surface area contributed by atoms with E-state index in [1.54, 1.807) is 32.4 Å². The van der Waals surface area contributed by atoms with Crippen LogP contribution in [0, 0.1) is 6.92 Å². The summed E-state index contributed by atoms with van der Waals surface area (Å²) in [5, 5.41) is 5.21. The number of anilines is 1. The summed E-state index contributed by atoms with van der Waals surface area (Å²) in [7, 11) is 3.17. The minimum absolute atomic E-state index is 0.341. The summed E-state index contributed by atoms with van der Waals surface area (Å²) < 4.78 is 10.4. The third-order valence-corrected chi connectivity index (χ3v) is 3.76. The van der Waals surface area contributed by atoms with Crippen LogP contribution in [0.15, 0.2) is 42.5 Å². The molecule has 2 aromatic carbocycles. The van der Waals surface area contributed by atoms with Gasteiger partial charge in [-0.3, -0.25) is 9.59 Å². The Morgan fingerprint density at radius 3 is 2.44 bits per heavy atom. The predicted octanol–water partition coefficient (Wildman–Crippen LogP) is 2.31. The number of benzene rings is 2. The lowest BCUT2D eigenvalue weighted by Crippen LogP contribution is -2.36. The van der Waals surface area contributed by atoms with Crippen molar-refractivity contribution < 1.29 is 19.1 Å². The minimum Gasteiger partial charge on any atom is -0.497 e. The van der Waals surface area contributed by atoms with Crippen LogP contribution in [0.2, 0.25) is 0 Å². The SMILES string of the molecule is COc1ccc(NC(=O)C(=O)NCCc2ccccc2OC)c(C)c1. The molecule has 0 saturated carbocycles. The maximum atomic E-state index is 12.0. The van der Waals surface area contributed by atoms with Crippen LogP contribution in [-0.4, -0.2) is 32.6 Å². The lowest BCUT2D eigenvalue weighted by molar-refractivity contribution is -0.136. The molecular formula is C19H22N2O4. The van der Waals surface area contributed by atoms with Gasteiger partial charge < -0.3 is 20.1 Å². The first-order valence-corrected chi connectivity index (χ1v) is 7.91. The molecule has 0 aliphatic rings. The van der Waals surface area contributed by atoms with Crippen LogP contribution in [-0.2, 0) is 16.0 Å². The van der Waals surface area contributed by atoms with Gasteiger partial charge in [-0.1, -0.05) is 18.2 Å². The fourth-order valence-electron chi connectivity index (χ4n) is 2.38. The van der Waals surface area contributed by atoms with Gasteiger partial charge >= 0.3 is 11.8 Å². The van der Waals surface area contributed by atoms with Crippen LogP contribution < -0.4 is 20.1 Å². The Bertz CT molecular complexity index is 759. The quantitative estimate of drug-likeness (QED) is 0.790. The molecule has 0 fully saturated rings. The van der Waals surface area contributed by atoms with Crippen molar-refractivity contribution in [3.05, 3.63) is 53.6 Å². The monoisotopic (exact) mass is 342 g/mol. The highest BCUT2D eigenvalue weighted by molar-refractivity contribution is 6.39. The molecule has 0 bridgehead atoms. The lowest BCUT2D eigenvalue weighted by atomic mass is 10.1. The van der Waals surface area contributed by atoms with Gasteiger partial charge in [-0.25, -0.2) is 0 Å². The summed E-state index contributed by atoms with van der Waals surface area (Å²) in [6.07, 6.45) is 0.574. The van der Waals surface area contributed by atoms with Crippen LogP contribution in [0.5, 0.6) is 11.5 Å². The summed E-state index contributed by atoms with van der Waals surface area (Å²) in [6, 6.07) is 12.8. The van der Waals surface area contributed by atoms with Crippen molar-refractivity contribution in [1.29, 1.82) is 0 Å². The number of nitrogens with one attached hydrogen (secondary N) is 2. The average Bonchev–Trinajstić information content (AvgIpc) is 2.63. The molecule has 2 aromatic rings. The third-order valence-electron chi connectivity index (χ3n) is 3.76. The number of carbonyl (C=O) groups is 2. The van der Waals surface area contributed by atoms with Gasteiger partial charge in [0.2, 0.25) is 0 Å². The summed E-state index contributed by atoms with van der Waals surface area (Å²) in [5.74, 6) is 0.0743. The van der Waals surface area contributed by atoms with E-state index in [1.807, 2.05) is 31.2 Å². The molecule has 0 spiro atoms. The second-order valence-electron chi connectivity index (χ2n) is 5.45. The van der Waals surface area contributed by atoms with Gasteiger partial charge in [0.15, 0.2) is 0 Å². The normalized spacial score (nSPS) is 10.0. The molecule has 25 heavy (non-hydrogen) atoms. The topological polar surface area (TPSA) is 76.7 Å². The van der Waals surface area contributed by atoms with E-state index in [4.69, 9.17) is 9.47 Å². The van der Waals surface area contributed by atoms with Crippen molar-refractivity contribution in [2.24, 2.45) is 0 Å². The zero-order chi connectivity index (χ0) is 18.2. The Morgan fingerprint density at radius 1 is 1.00 bits per heavy atom.